The second-order valence-electron chi connectivity index (χ2n) is 6.09. The van der Waals surface area contributed by atoms with E-state index in [2.05, 4.69) is 16.0 Å². The monoisotopic (exact) mass is 321 g/mol. The number of hydrogen-bond acceptors (Lipinski definition) is 3. The third-order valence-electron chi connectivity index (χ3n) is 3.00. The minimum atomic E-state index is -0.515. The average molecular weight is 321 g/mol. The molecule has 0 aliphatic rings. The molecule has 6 heteroatoms. The largest absolute Gasteiger partial charge is 0.332 e. The summed E-state index contributed by atoms with van der Waals surface area (Å²) < 4.78 is 0. The van der Waals surface area contributed by atoms with Crippen molar-refractivity contribution in [2.45, 2.75) is 41.0 Å². The molecule has 0 radical (unpaired) electrons. The van der Waals surface area contributed by atoms with Gasteiger partial charge in [-0.3, -0.25) is 9.59 Å². The number of nitrogens with one attached hydrogen (secondary N) is 3. The molecule has 0 heterocycles. The highest BCUT2D eigenvalue weighted by molar-refractivity contribution is 7.80. The third kappa shape index (κ3) is 5.44. The summed E-state index contributed by atoms with van der Waals surface area (Å²) in [5.74, 6) is -0.208. The van der Waals surface area contributed by atoms with E-state index in [4.69, 9.17) is 12.2 Å². The van der Waals surface area contributed by atoms with E-state index in [-0.39, 0.29) is 16.9 Å². The predicted octanol–water partition coefficient (Wildman–Crippen LogP) is 3.20. The van der Waals surface area contributed by atoms with Gasteiger partial charge in [0.05, 0.1) is 0 Å². The van der Waals surface area contributed by atoms with Crippen molar-refractivity contribution in [3.05, 3.63) is 23.8 Å². The van der Waals surface area contributed by atoms with Crippen LogP contribution in [0.4, 0.5) is 11.4 Å². The molecule has 0 aliphatic carbocycles. The average Bonchev–Trinajstić information content (AvgIpc) is 2.41. The highest BCUT2D eigenvalue weighted by Crippen LogP contribution is 2.20. The maximum Gasteiger partial charge on any atom is 0.231 e. The lowest BCUT2D eigenvalue weighted by Crippen LogP contribution is -2.41. The zero-order valence-corrected chi connectivity index (χ0v) is 14.5. The molecular formula is C16H23N3O2S. The van der Waals surface area contributed by atoms with Crippen LogP contribution in [0.5, 0.6) is 0 Å². The highest BCUT2D eigenvalue weighted by Gasteiger charge is 2.22. The number of thiocarbonyl (C=S) groups is 1. The Labute approximate surface area is 136 Å². The summed E-state index contributed by atoms with van der Waals surface area (Å²) in [7, 11) is 0. The quantitative estimate of drug-likeness (QED) is 0.748. The number of hydrogen-bond donors (Lipinski definition) is 3. The molecule has 0 unspecified atom stereocenters. The van der Waals surface area contributed by atoms with Crippen LogP contribution in [0.15, 0.2) is 18.2 Å². The van der Waals surface area contributed by atoms with Crippen molar-refractivity contribution in [1.29, 1.82) is 0 Å². The lowest BCUT2D eigenvalue weighted by Gasteiger charge is -2.19. The summed E-state index contributed by atoms with van der Waals surface area (Å²) in [6, 6.07) is 5.51. The summed E-state index contributed by atoms with van der Waals surface area (Å²) in [6.07, 6.45) is 0.414. The van der Waals surface area contributed by atoms with E-state index in [1.165, 1.54) is 0 Å². The maximum absolute atomic E-state index is 11.9. The number of benzene rings is 1. The molecule has 0 aliphatic heterocycles. The number of anilines is 2. The predicted molar refractivity (Wildman–Crippen MR) is 93.9 cm³/mol. The maximum atomic E-state index is 11.9. The molecule has 1 aromatic rings. The van der Waals surface area contributed by atoms with Crippen molar-refractivity contribution in [3.63, 3.8) is 0 Å². The molecule has 0 bridgehead atoms. The molecule has 2 amide bonds. The van der Waals surface area contributed by atoms with E-state index >= 15 is 0 Å². The number of carbonyl (C=O) groups is 2. The van der Waals surface area contributed by atoms with Gasteiger partial charge in [0.15, 0.2) is 5.11 Å². The van der Waals surface area contributed by atoms with E-state index in [9.17, 15) is 9.59 Å². The molecule has 5 nitrogen and oxygen atoms in total. The second kappa shape index (κ2) is 7.35. The molecule has 1 aromatic carbocycles. The number of aryl methyl sites for hydroxylation is 1. The first kappa shape index (κ1) is 18.1. The van der Waals surface area contributed by atoms with Crippen molar-refractivity contribution < 1.29 is 9.59 Å². The molecule has 0 aromatic heterocycles. The lowest BCUT2D eigenvalue weighted by atomic mass is 9.96. The van der Waals surface area contributed by atoms with Crippen LogP contribution in [-0.2, 0) is 9.59 Å². The minimum absolute atomic E-state index is 0.0520. The first-order chi connectivity index (χ1) is 10.1. The van der Waals surface area contributed by atoms with E-state index in [0.717, 1.165) is 11.3 Å². The van der Waals surface area contributed by atoms with Crippen LogP contribution in [-0.4, -0.2) is 16.9 Å². The Bertz CT molecular complexity index is 592. The Hall–Kier alpha value is -1.95. The van der Waals surface area contributed by atoms with Crippen LogP contribution in [0.1, 0.15) is 39.7 Å². The number of amides is 2. The van der Waals surface area contributed by atoms with Crippen molar-refractivity contribution in [1.82, 2.24) is 5.32 Å². The van der Waals surface area contributed by atoms with Crippen LogP contribution in [0, 0.1) is 12.3 Å². The van der Waals surface area contributed by atoms with Gasteiger partial charge in [-0.15, -0.1) is 0 Å². The Morgan fingerprint density at radius 3 is 2.36 bits per heavy atom. The van der Waals surface area contributed by atoms with Gasteiger partial charge in [0, 0.05) is 23.2 Å². The zero-order valence-electron chi connectivity index (χ0n) is 13.7. The van der Waals surface area contributed by atoms with Crippen molar-refractivity contribution in [2.75, 3.05) is 10.6 Å². The van der Waals surface area contributed by atoms with Gasteiger partial charge in [0.1, 0.15) is 0 Å². The third-order valence-corrected chi connectivity index (χ3v) is 3.20. The lowest BCUT2D eigenvalue weighted by molar-refractivity contribution is -0.126. The second-order valence-corrected chi connectivity index (χ2v) is 6.50. The Kier molecular flexibility index (Phi) is 6.05. The van der Waals surface area contributed by atoms with Gasteiger partial charge in [-0.05, 0) is 36.8 Å². The molecule has 0 fully saturated rings. The Morgan fingerprint density at radius 1 is 1.18 bits per heavy atom. The highest BCUT2D eigenvalue weighted by atomic mass is 32.1. The molecule has 0 spiro atoms. The first-order valence-electron chi connectivity index (χ1n) is 7.16. The summed E-state index contributed by atoms with van der Waals surface area (Å²) in [5, 5.41) is 8.66. The van der Waals surface area contributed by atoms with Gasteiger partial charge >= 0.3 is 0 Å². The standard InChI is InChI=1S/C16H23N3O2S/c1-6-13(20)18-12-9-11(8-7-10(12)2)17-15(22)19-14(21)16(3,4)5/h7-9H,6H2,1-5H3,(H,18,20)(H2,17,19,21,22). The smallest absolute Gasteiger partial charge is 0.231 e. The van der Waals surface area contributed by atoms with Gasteiger partial charge in [-0.2, -0.15) is 0 Å². The number of rotatable bonds is 3. The fourth-order valence-electron chi connectivity index (χ4n) is 1.53. The van der Waals surface area contributed by atoms with Crippen LogP contribution < -0.4 is 16.0 Å². The fourth-order valence-corrected chi connectivity index (χ4v) is 1.74. The van der Waals surface area contributed by atoms with Crippen LogP contribution >= 0.6 is 12.2 Å². The molecule has 1 rings (SSSR count). The van der Waals surface area contributed by atoms with E-state index in [1.54, 1.807) is 13.0 Å². The van der Waals surface area contributed by atoms with Crippen LogP contribution in [0.3, 0.4) is 0 Å². The molecule has 3 N–H and O–H groups in total. The van der Waals surface area contributed by atoms with E-state index in [1.807, 2.05) is 39.8 Å². The Balaban J connectivity index is 2.78. The summed E-state index contributed by atoms with van der Waals surface area (Å²) in [4.78, 5) is 23.4. The summed E-state index contributed by atoms with van der Waals surface area (Å²) in [6.45, 7) is 9.15. The van der Waals surface area contributed by atoms with Crippen LogP contribution in [0.2, 0.25) is 0 Å². The molecule has 22 heavy (non-hydrogen) atoms. The van der Waals surface area contributed by atoms with Crippen molar-refractivity contribution in [2.24, 2.45) is 5.41 Å². The van der Waals surface area contributed by atoms with E-state index in [0.29, 0.717) is 12.1 Å². The molecule has 120 valence electrons. The zero-order chi connectivity index (χ0) is 16.9. The molecule has 0 atom stereocenters. The van der Waals surface area contributed by atoms with Gasteiger partial charge in [-0.1, -0.05) is 33.8 Å². The fraction of sp³-hybridized carbons (Fsp3) is 0.438. The van der Waals surface area contributed by atoms with Gasteiger partial charge < -0.3 is 16.0 Å². The summed E-state index contributed by atoms with van der Waals surface area (Å²) >= 11 is 5.14. The van der Waals surface area contributed by atoms with Gasteiger partial charge in [0.25, 0.3) is 0 Å². The molecular weight excluding hydrogens is 298 g/mol. The van der Waals surface area contributed by atoms with Crippen molar-refractivity contribution >= 4 is 40.5 Å². The first-order valence-corrected chi connectivity index (χ1v) is 7.57. The van der Waals surface area contributed by atoms with Gasteiger partial charge in [-0.25, -0.2) is 0 Å². The topological polar surface area (TPSA) is 70.2 Å². The van der Waals surface area contributed by atoms with E-state index < -0.39 is 5.41 Å². The minimum Gasteiger partial charge on any atom is -0.332 e. The van der Waals surface area contributed by atoms with Gasteiger partial charge in [0.2, 0.25) is 11.8 Å². The SMILES string of the molecule is CCC(=O)Nc1cc(NC(=S)NC(=O)C(C)(C)C)ccc1C. The van der Waals surface area contributed by atoms with Crippen LogP contribution in [0.25, 0.3) is 0 Å². The Morgan fingerprint density at radius 2 is 1.82 bits per heavy atom. The normalized spacial score (nSPS) is 10.8. The molecule has 0 saturated heterocycles. The number of carbonyl (C=O) groups excluding carboxylic acids is 2. The molecule has 0 saturated carbocycles. The summed E-state index contributed by atoms with van der Waals surface area (Å²) in [5.41, 5.74) is 1.87. The van der Waals surface area contributed by atoms with Crippen molar-refractivity contribution in [3.8, 4) is 0 Å².